The largest absolute Gasteiger partial charge is 0.493 e. The van der Waals surface area contributed by atoms with Crippen LogP contribution in [0.5, 0.6) is 5.75 Å². The molecule has 3 aromatic carbocycles. The highest BCUT2D eigenvalue weighted by Gasteiger charge is 2.54. The van der Waals surface area contributed by atoms with Crippen LogP contribution in [0.4, 0.5) is 10.1 Å². The minimum atomic E-state index is -1.97. The SMILES string of the molecule is Cc1ncsc1-c1ccc(CNC(=O)[C@@H]2C[C@@H](O)CN2C(=O)[C@@H](NC(=O)C2(F)CC2)C(C)(C)C)c(OCCCCCCCCCCC(=O)Nc2ccc(CNC(=O)c3ccc4n3CCN(Cc3ccc(C(=O)N(C)C)cc3)C43CCC3)cc2)c1. The van der Waals surface area contributed by atoms with Crippen molar-refractivity contribution in [2.24, 2.45) is 5.41 Å². The Bertz CT molecular complexity index is 3140. The zero-order chi connectivity index (χ0) is 59.8. The third kappa shape index (κ3) is 14.7. The van der Waals surface area contributed by atoms with E-state index in [0.29, 0.717) is 36.6 Å². The van der Waals surface area contributed by atoms with Gasteiger partial charge in [0.15, 0.2) is 5.67 Å². The lowest BCUT2D eigenvalue weighted by molar-refractivity contribution is -0.145. The van der Waals surface area contributed by atoms with Crippen LogP contribution >= 0.6 is 11.3 Å². The number of likely N-dealkylation sites (tertiary alicyclic amines) is 1. The molecule has 84 heavy (non-hydrogen) atoms. The first-order chi connectivity index (χ1) is 40.2. The number of rotatable bonds is 26. The maximum absolute atomic E-state index is 14.7. The number of unbranched alkanes of at least 4 members (excludes halogenated alkanes) is 7. The number of aliphatic hydroxyl groups is 1. The molecule has 6 amide bonds. The Morgan fingerprint density at radius 2 is 1.52 bits per heavy atom. The molecule has 4 heterocycles. The standard InChI is InChI=1S/C65H84FN9O8S/c1-43-56(84-42-69-43)47-23-24-48(39-68-59(79)52-37-50(76)41-75(52)61(81)57(63(2,3)4)71-62(82)64(66)31-32-64)53(36-47)83-35-14-12-10-8-7-9-11-13-16-55(77)70-49-25-19-44(20-26-49)38-67-58(78)51-27-28-54-65(29-15-30-65)73(33-34-74(51)54)40-45-17-21-46(22-18-45)60(80)72(5)6/h17-28,36,42,50,52,57,76H,7-16,29-35,37-41H2,1-6H3,(H,67,78)(H,68,79)(H,70,77)(H,71,82)/t50-,52+,57-/m1/s1. The van der Waals surface area contributed by atoms with Crippen LogP contribution in [0.3, 0.4) is 0 Å². The first-order valence-electron chi connectivity index (χ1n) is 30.1. The molecule has 2 aliphatic carbocycles. The molecule has 0 bridgehead atoms. The smallest absolute Gasteiger partial charge is 0.268 e. The lowest BCUT2D eigenvalue weighted by Crippen LogP contribution is -2.59. The molecule has 0 radical (unpaired) electrons. The fourth-order valence-electron chi connectivity index (χ4n) is 11.9. The number of hydrogen-bond acceptors (Lipinski definition) is 11. The van der Waals surface area contributed by atoms with Gasteiger partial charge < -0.3 is 45.5 Å². The molecule has 1 saturated heterocycles. The third-order valence-corrected chi connectivity index (χ3v) is 18.2. The minimum Gasteiger partial charge on any atom is -0.493 e. The lowest BCUT2D eigenvalue weighted by Gasteiger charge is -2.53. The zero-order valence-electron chi connectivity index (χ0n) is 49.7. The van der Waals surface area contributed by atoms with Gasteiger partial charge in [-0.25, -0.2) is 9.37 Å². The Morgan fingerprint density at radius 3 is 2.17 bits per heavy atom. The predicted octanol–water partition coefficient (Wildman–Crippen LogP) is 9.59. The molecular weight excluding hydrogens is 1090 g/mol. The van der Waals surface area contributed by atoms with Gasteiger partial charge in [-0.1, -0.05) is 95.7 Å². The molecule has 5 aromatic rings. The Kier molecular flexibility index (Phi) is 19.8. The number of fused-ring (bicyclic) bond motifs is 2. The number of ether oxygens (including phenoxy) is 1. The Balaban J connectivity index is 0.657. The van der Waals surface area contributed by atoms with Gasteiger partial charge in [-0.3, -0.25) is 33.7 Å². The van der Waals surface area contributed by atoms with Gasteiger partial charge in [0.05, 0.1) is 34.3 Å². The summed E-state index contributed by atoms with van der Waals surface area (Å²) in [5.74, 6) is -1.30. The van der Waals surface area contributed by atoms with E-state index in [-0.39, 0.29) is 55.6 Å². The number of carbonyl (C=O) groups excluding carboxylic acids is 6. The van der Waals surface area contributed by atoms with E-state index in [1.807, 2.05) is 67.6 Å². The summed E-state index contributed by atoms with van der Waals surface area (Å²) in [4.78, 5) is 90.3. The number of nitrogens with one attached hydrogen (secondary N) is 4. The summed E-state index contributed by atoms with van der Waals surface area (Å²) in [5.41, 5.74) is 6.96. The lowest BCUT2D eigenvalue weighted by atomic mass is 9.71. The number of nitrogens with zero attached hydrogens (tertiary/aromatic N) is 5. The number of halogens is 1. The third-order valence-electron chi connectivity index (χ3n) is 17.2. The average Bonchev–Trinajstić information content (AvgIpc) is 1.54. The number of aliphatic hydroxyl groups excluding tert-OH is 1. The van der Waals surface area contributed by atoms with E-state index < -0.39 is 47.0 Å². The molecule has 3 atom stereocenters. The number of anilines is 1. The topological polar surface area (TPSA) is 208 Å². The summed E-state index contributed by atoms with van der Waals surface area (Å²) in [6, 6.07) is 23.4. The fraction of sp³-hybridized carbons (Fsp3) is 0.523. The number of carbonyl (C=O) groups is 6. The quantitative estimate of drug-likeness (QED) is 0.0331. The van der Waals surface area contributed by atoms with E-state index in [2.05, 4.69) is 53.9 Å². The van der Waals surface area contributed by atoms with Gasteiger partial charge in [-0.15, -0.1) is 11.3 Å². The van der Waals surface area contributed by atoms with E-state index in [4.69, 9.17) is 4.74 Å². The first-order valence-corrected chi connectivity index (χ1v) is 31.0. The van der Waals surface area contributed by atoms with Crippen molar-refractivity contribution < 1.29 is 43.0 Å². The summed E-state index contributed by atoms with van der Waals surface area (Å²) in [6.07, 6.45) is 10.9. The number of hydrogen-bond donors (Lipinski definition) is 5. The van der Waals surface area contributed by atoms with Gasteiger partial charge in [0.25, 0.3) is 17.7 Å². The Morgan fingerprint density at radius 1 is 0.833 bits per heavy atom. The Hall–Kier alpha value is -6.96. The molecule has 2 saturated carbocycles. The average molecular weight is 1170 g/mol. The molecule has 4 aliphatic rings. The van der Waals surface area contributed by atoms with E-state index in [0.717, 1.165) is 123 Å². The number of aryl methyl sites for hydroxylation is 1. The van der Waals surface area contributed by atoms with Gasteiger partial charge in [0.1, 0.15) is 23.5 Å². The zero-order valence-corrected chi connectivity index (χ0v) is 50.5. The van der Waals surface area contributed by atoms with Crippen LogP contribution < -0.4 is 26.0 Å². The fourth-order valence-corrected chi connectivity index (χ4v) is 12.7. The van der Waals surface area contributed by atoms with Crippen molar-refractivity contribution in [3.8, 4) is 16.2 Å². The van der Waals surface area contributed by atoms with E-state index in [9.17, 15) is 38.3 Å². The molecule has 2 aromatic heterocycles. The molecule has 17 nitrogen and oxygen atoms in total. The number of benzene rings is 3. The van der Waals surface area contributed by atoms with Gasteiger partial charge in [-0.2, -0.15) is 0 Å². The van der Waals surface area contributed by atoms with Crippen molar-refractivity contribution in [1.82, 2.24) is 40.2 Å². The summed E-state index contributed by atoms with van der Waals surface area (Å²) in [7, 11) is 3.52. The molecule has 2 aliphatic heterocycles. The van der Waals surface area contributed by atoms with Crippen LogP contribution in [0.25, 0.3) is 10.4 Å². The van der Waals surface area contributed by atoms with Crippen LogP contribution in [-0.2, 0) is 50.9 Å². The maximum atomic E-state index is 14.7. The van der Waals surface area contributed by atoms with Crippen molar-refractivity contribution in [2.45, 2.75) is 180 Å². The second-order valence-corrected chi connectivity index (χ2v) is 25.6. The molecular formula is C65H84FN9O8S. The predicted molar refractivity (Wildman–Crippen MR) is 323 cm³/mol. The van der Waals surface area contributed by atoms with Crippen molar-refractivity contribution in [1.29, 1.82) is 0 Å². The highest BCUT2D eigenvalue weighted by molar-refractivity contribution is 7.13. The number of aromatic nitrogens is 2. The summed E-state index contributed by atoms with van der Waals surface area (Å²) < 4.78 is 23.3. The second-order valence-electron chi connectivity index (χ2n) is 24.8. The van der Waals surface area contributed by atoms with Crippen LogP contribution in [0.2, 0.25) is 0 Å². The van der Waals surface area contributed by atoms with E-state index in [1.165, 1.54) is 27.5 Å². The normalized spacial score (nSPS) is 18.1. The van der Waals surface area contributed by atoms with Crippen molar-refractivity contribution in [3.05, 3.63) is 124 Å². The maximum Gasteiger partial charge on any atom is 0.268 e. The van der Waals surface area contributed by atoms with Crippen molar-refractivity contribution in [3.63, 3.8) is 0 Å². The van der Waals surface area contributed by atoms with E-state index in [1.54, 1.807) is 45.3 Å². The van der Waals surface area contributed by atoms with Crippen molar-refractivity contribution >= 4 is 52.5 Å². The number of β-amino-alcohol motifs (C(OH)–C–C–N with tert-alkyl or cyclic N) is 1. The first kappa shape index (κ1) is 61.6. The Labute approximate surface area is 497 Å². The van der Waals surface area contributed by atoms with Crippen molar-refractivity contribution in [2.75, 3.05) is 39.1 Å². The molecule has 3 fully saturated rings. The second kappa shape index (κ2) is 27.0. The number of alkyl halides is 1. The van der Waals surface area contributed by atoms with Gasteiger partial charge in [0.2, 0.25) is 17.7 Å². The number of thiazole rings is 1. The number of amides is 6. The summed E-state index contributed by atoms with van der Waals surface area (Å²) in [5, 5.41) is 22.4. The van der Waals surface area contributed by atoms with E-state index >= 15 is 0 Å². The summed E-state index contributed by atoms with van der Waals surface area (Å²) >= 11 is 1.54. The minimum absolute atomic E-state index is 0.00749. The molecule has 1 spiro atoms. The molecule has 19 heteroatoms. The van der Waals surface area contributed by atoms with Crippen LogP contribution in [0.15, 0.2) is 84.4 Å². The van der Waals surface area contributed by atoms with Gasteiger partial charge in [-0.05, 0) is 116 Å². The highest BCUT2D eigenvalue weighted by atomic mass is 32.1. The monoisotopic (exact) mass is 1170 g/mol. The highest BCUT2D eigenvalue weighted by Crippen LogP contribution is 2.49. The molecule has 0 unspecified atom stereocenters. The molecule has 450 valence electrons. The van der Waals surface area contributed by atoms with Crippen LogP contribution in [0, 0.1) is 12.3 Å². The van der Waals surface area contributed by atoms with Crippen LogP contribution in [-0.4, -0.2) is 122 Å². The van der Waals surface area contributed by atoms with Gasteiger partial charge in [0, 0.05) is 88.7 Å². The molecule has 9 rings (SSSR count). The molecule has 5 N–H and O–H groups in total. The summed E-state index contributed by atoms with van der Waals surface area (Å²) in [6.45, 7) is 10.5. The van der Waals surface area contributed by atoms with Gasteiger partial charge >= 0.3 is 0 Å². The van der Waals surface area contributed by atoms with Crippen LogP contribution in [0.1, 0.15) is 166 Å².